The molecule has 0 saturated carbocycles. The number of anilines is 1. The quantitative estimate of drug-likeness (QED) is 0.203. The average Bonchev–Trinajstić information content (AvgIpc) is 3.40. The van der Waals surface area contributed by atoms with Gasteiger partial charge in [-0.05, 0) is 67.7 Å². The number of esters is 1. The lowest BCUT2D eigenvalue weighted by Gasteiger charge is -2.23. The lowest BCUT2D eigenvalue weighted by atomic mass is 9.86. The van der Waals surface area contributed by atoms with Gasteiger partial charge in [0.05, 0.1) is 28.0 Å². The Morgan fingerprint density at radius 2 is 1.97 bits per heavy atom. The molecule has 37 heavy (non-hydrogen) atoms. The summed E-state index contributed by atoms with van der Waals surface area (Å²) in [7, 11) is 0. The number of hydrogen-bond acceptors (Lipinski definition) is 7. The molecule has 0 bridgehead atoms. The van der Waals surface area contributed by atoms with E-state index in [0.717, 1.165) is 29.7 Å². The molecule has 2 aromatic carbocycles. The molecule has 0 radical (unpaired) electrons. The highest BCUT2D eigenvalue weighted by atomic mass is 16.6. The van der Waals surface area contributed by atoms with Crippen LogP contribution in [0.3, 0.4) is 0 Å². The molecule has 5 rings (SSSR count). The first-order chi connectivity index (χ1) is 17.9. The number of pyridine rings is 1. The minimum absolute atomic E-state index is 0.157. The van der Waals surface area contributed by atoms with Crippen LogP contribution < -0.4 is 5.32 Å². The number of carbonyl (C=O) groups is 2. The summed E-state index contributed by atoms with van der Waals surface area (Å²) in [6, 6.07) is 16.6. The number of nitro groups is 1. The predicted molar refractivity (Wildman–Crippen MR) is 138 cm³/mol. The van der Waals surface area contributed by atoms with Crippen molar-refractivity contribution in [3.8, 4) is 0 Å². The monoisotopic (exact) mass is 497 g/mol. The molecule has 1 amide bonds. The molecule has 1 aliphatic carbocycles. The third kappa shape index (κ3) is 4.97. The van der Waals surface area contributed by atoms with E-state index in [4.69, 9.17) is 14.1 Å². The van der Waals surface area contributed by atoms with E-state index in [1.54, 1.807) is 6.26 Å². The zero-order valence-electron chi connectivity index (χ0n) is 20.0. The summed E-state index contributed by atoms with van der Waals surface area (Å²) < 4.78 is 11.1. The summed E-state index contributed by atoms with van der Waals surface area (Å²) >= 11 is 0. The van der Waals surface area contributed by atoms with E-state index >= 15 is 0 Å². The first kappa shape index (κ1) is 23.9. The van der Waals surface area contributed by atoms with Crippen molar-refractivity contribution in [2.75, 3.05) is 5.32 Å². The SMILES string of the molecule is CC(OC(=O)c1c2c(nc3ccccc13)C(=Cc1ccco1)CCC2)C(=O)Nc1cccc([N+](=O)[O-])c1. The molecule has 9 nitrogen and oxygen atoms in total. The number of aromatic nitrogens is 1. The first-order valence-corrected chi connectivity index (χ1v) is 11.8. The van der Waals surface area contributed by atoms with Crippen LogP contribution in [0.2, 0.25) is 0 Å². The lowest BCUT2D eigenvalue weighted by molar-refractivity contribution is -0.384. The molecule has 1 unspecified atom stereocenters. The van der Waals surface area contributed by atoms with Gasteiger partial charge in [0, 0.05) is 23.2 Å². The fourth-order valence-corrected chi connectivity index (χ4v) is 4.47. The number of carbonyl (C=O) groups excluding carboxylic acids is 2. The maximum Gasteiger partial charge on any atom is 0.339 e. The third-order valence-electron chi connectivity index (χ3n) is 6.21. The highest BCUT2D eigenvalue weighted by Crippen LogP contribution is 2.36. The van der Waals surface area contributed by atoms with Crippen molar-refractivity contribution in [2.45, 2.75) is 32.3 Å². The summed E-state index contributed by atoms with van der Waals surface area (Å²) in [6.07, 6.45) is 4.65. The van der Waals surface area contributed by atoms with Crippen molar-refractivity contribution in [2.24, 2.45) is 0 Å². The van der Waals surface area contributed by atoms with Crippen LogP contribution in [0.5, 0.6) is 0 Å². The maximum absolute atomic E-state index is 13.5. The van der Waals surface area contributed by atoms with E-state index in [9.17, 15) is 19.7 Å². The van der Waals surface area contributed by atoms with Crippen molar-refractivity contribution in [3.63, 3.8) is 0 Å². The number of nitrogens with zero attached hydrogens (tertiary/aromatic N) is 2. The standard InChI is InChI=1S/C28H23N3O6/c1-17(27(32)29-19-8-5-9-20(16-19)31(34)35)37-28(33)25-22-11-2-3-13-24(22)30-26-18(7-4-12-23(25)26)15-21-10-6-14-36-21/h2-3,5-6,8-11,13-17H,4,7,12H2,1H3,(H,29,32). The van der Waals surface area contributed by atoms with Crippen LogP contribution >= 0.6 is 0 Å². The van der Waals surface area contributed by atoms with Crippen LogP contribution in [0.15, 0.2) is 71.3 Å². The van der Waals surface area contributed by atoms with Crippen LogP contribution in [0.25, 0.3) is 22.6 Å². The van der Waals surface area contributed by atoms with Gasteiger partial charge in [-0.1, -0.05) is 24.3 Å². The van der Waals surface area contributed by atoms with Crippen molar-refractivity contribution in [3.05, 3.63) is 99.6 Å². The van der Waals surface area contributed by atoms with Gasteiger partial charge in [0.15, 0.2) is 6.10 Å². The number of allylic oxidation sites excluding steroid dienone is 1. The summed E-state index contributed by atoms with van der Waals surface area (Å²) in [5, 5.41) is 14.2. The molecule has 1 aliphatic rings. The Labute approximate surface area is 211 Å². The second-order valence-corrected chi connectivity index (χ2v) is 8.71. The van der Waals surface area contributed by atoms with Crippen LogP contribution in [0, 0.1) is 10.1 Å². The van der Waals surface area contributed by atoms with Gasteiger partial charge in [0.25, 0.3) is 11.6 Å². The van der Waals surface area contributed by atoms with E-state index in [-0.39, 0.29) is 11.4 Å². The largest absolute Gasteiger partial charge is 0.465 e. The van der Waals surface area contributed by atoms with Gasteiger partial charge >= 0.3 is 5.97 Å². The molecule has 2 aromatic heterocycles. The molecule has 0 saturated heterocycles. The Morgan fingerprint density at radius 3 is 2.76 bits per heavy atom. The van der Waals surface area contributed by atoms with Crippen LogP contribution in [-0.2, 0) is 16.0 Å². The van der Waals surface area contributed by atoms with Gasteiger partial charge in [0.1, 0.15) is 5.76 Å². The van der Waals surface area contributed by atoms with Gasteiger partial charge in [-0.2, -0.15) is 0 Å². The van der Waals surface area contributed by atoms with Crippen molar-refractivity contribution < 1.29 is 23.7 Å². The molecule has 0 fully saturated rings. The van der Waals surface area contributed by atoms with E-state index < -0.39 is 22.9 Å². The molecular formula is C28H23N3O6. The molecule has 1 atom stereocenters. The molecule has 0 spiro atoms. The molecule has 2 heterocycles. The highest BCUT2D eigenvalue weighted by Gasteiger charge is 2.28. The fraction of sp³-hybridized carbons (Fsp3) is 0.179. The zero-order chi connectivity index (χ0) is 25.9. The van der Waals surface area contributed by atoms with Crippen LogP contribution in [-0.4, -0.2) is 27.9 Å². The summed E-state index contributed by atoms with van der Waals surface area (Å²) in [5.74, 6) is -0.524. The van der Waals surface area contributed by atoms with Crippen LogP contribution in [0.1, 0.15) is 47.1 Å². The van der Waals surface area contributed by atoms with Crippen molar-refractivity contribution >= 4 is 45.8 Å². The Balaban J connectivity index is 1.45. The minimum atomic E-state index is -1.14. The number of fused-ring (bicyclic) bond motifs is 2. The topological polar surface area (TPSA) is 125 Å². The molecule has 9 heteroatoms. The van der Waals surface area contributed by atoms with Crippen LogP contribution in [0.4, 0.5) is 11.4 Å². The maximum atomic E-state index is 13.5. The lowest BCUT2D eigenvalue weighted by Crippen LogP contribution is -2.30. The Morgan fingerprint density at radius 1 is 1.14 bits per heavy atom. The smallest absolute Gasteiger partial charge is 0.339 e. The second-order valence-electron chi connectivity index (χ2n) is 8.71. The van der Waals surface area contributed by atoms with E-state index in [1.165, 1.54) is 31.2 Å². The van der Waals surface area contributed by atoms with Gasteiger partial charge in [0.2, 0.25) is 0 Å². The highest BCUT2D eigenvalue weighted by molar-refractivity contribution is 6.07. The summed E-state index contributed by atoms with van der Waals surface area (Å²) in [6.45, 7) is 1.46. The number of para-hydroxylation sites is 1. The van der Waals surface area contributed by atoms with Crippen molar-refractivity contribution in [1.29, 1.82) is 0 Å². The van der Waals surface area contributed by atoms with E-state index in [1.807, 2.05) is 42.5 Å². The molecule has 186 valence electrons. The average molecular weight is 498 g/mol. The van der Waals surface area contributed by atoms with E-state index in [0.29, 0.717) is 28.6 Å². The molecule has 0 aliphatic heterocycles. The Kier molecular flexibility index (Phi) is 6.51. The number of ether oxygens (including phenoxy) is 1. The minimum Gasteiger partial charge on any atom is -0.465 e. The number of hydrogen-bond donors (Lipinski definition) is 1. The predicted octanol–water partition coefficient (Wildman–Crippen LogP) is 5.80. The van der Waals surface area contributed by atoms with Crippen molar-refractivity contribution in [1.82, 2.24) is 4.98 Å². The van der Waals surface area contributed by atoms with Gasteiger partial charge in [-0.15, -0.1) is 0 Å². The van der Waals surface area contributed by atoms with E-state index in [2.05, 4.69) is 5.32 Å². The second kappa shape index (κ2) is 10.1. The normalized spacial score (nSPS) is 14.7. The number of rotatable bonds is 6. The Bertz CT molecular complexity index is 1540. The number of non-ortho nitro benzene ring substituents is 1. The zero-order valence-corrected chi connectivity index (χ0v) is 20.0. The first-order valence-electron chi connectivity index (χ1n) is 11.8. The number of amides is 1. The number of benzene rings is 2. The Hall–Kier alpha value is -4.79. The van der Waals surface area contributed by atoms with Gasteiger partial charge in [-0.25, -0.2) is 9.78 Å². The fourth-order valence-electron chi connectivity index (χ4n) is 4.47. The molecular weight excluding hydrogens is 474 g/mol. The van der Waals surface area contributed by atoms with Gasteiger partial charge < -0.3 is 14.5 Å². The summed E-state index contributed by atoms with van der Waals surface area (Å²) in [5.41, 5.74) is 3.58. The van der Waals surface area contributed by atoms with Gasteiger partial charge in [-0.3, -0.25) is 14.9 Å². The third-order valence-corrected chi connectivity index (χ3v) is 6.21. The molecule has 4 aromatic rings. The summed E-state index contributed by atoms with van der Waals surface area (Å²) in [4.78, 5) is 41.6. The number of furan rings is 1. The molecule has 1 N–H and O–H groups in total. The number of nitro benzene ring substituents is 1. The number of nitrogens with one attached hydrogen (secondary N) is 1.